The number of hydrogen-bond acceptors (Lipinski definition) is 3. The molecule has 0 aromatic heterocycles. The highest BCUT2D eigenvalue weighted by atomic mass is 16.2. The van der Waals surface area contributed by atoms with Crippen LogP contribution in [0.3, 0.4) is 0 Å². The standard InChI is InChI=1S/C16H20N2O3.C2H6/c1-4-6-11-10-18(15(20)12(11)7-5-2)13-8-9-14(19)17(3)16(13)21;1-2/h4,6-7,13H,1,5,8-10H2,2-3H3;1-2H3/b11-6-,12-7+;. The summed E-state index contributed by atoms with van der Waals surface area (Å²) in [5.41, 5.74) is 1.52. The van der Waals surface area contributed by atoms with Crippen LogP contribution in [0.5, 0.6) is 0 Å². The summed E-state index contributed by atoms with van der Waals surface area (Å²) in [6.45, 7) is 10.0. The van der Waals surface area contributed by atoms with Crippen molar-refractivity contribution in [3.05, 3.63) is 36.0 Å². The Hall–Kier alpha value is -2.17. The Kier molecular flexibility index (Phi) is 6.94. The van der Waals surface area contributed by atoms with Crippen molar-refractivity contribution < 1.29 is 14.4 Å². The van der Waals surface area contributed by atoms with Gasteiger partial charge in [-0.3, -0.25) is 19.3 Å². The molecule has 2 saturated heterocycles. The molecule has 5 heteroatoms. The number of allylic oxidation sites excluding steroid dienone is 3. The molecule has 5 nitrogen and oxygen atoms in total. The zero-order valence-electron chi connectivity index (χ0n) is 14.5. The smallest absolute Gasteiger partial charge is 0.254 e. The molecule has 0 radical (unpaired) electrons. The minimum atomic E-state index is -0.545. The van der Waals surface area contributed by atoms with E-state index >= 15 is 0 Å². The molecule has 0 aliphatic carbocycles. The van der Waals surface area contributed by atoms with E-state index in [-0.39, 0.29) is 17.7 Å². The third-order valence-corrected chi connectivity index (χ3v) is 3.90. The quantitative estimate of drug-likeness (QED) is 0.593. The first-order valence-corrected chi connectivity index (χ1v) is 8.14. The van der Waals surface area contributed by atoms with E-state index in [0.717, 1.165) is 16.9 Å². The van der Waals surface area contributed by atoms with E-state index in [1.165, 1.54) is 7.05 Å². The number of hydrogen-bond donors (Lipinski definition) is 0. The molecule has 3 amide bonds. The van der Waals surface area contributed by atoms with Crippen molar-refractivity contribution in [2.45, 2.75) is 46.1 Å². The molecule has 2 rings (SSSR count). The molecule has 0 aromatic carbocycles. The van der Waals surface area contributed by atoms with Crippen molar-refractivity contribution >= 4 is 17.7 Å². The summed E-state index contributed by atoms with van der Waals surface area (Å²) in [6.07, 6.45) is 6.77. The topological polar surface area (TPSA) is 57.7 Å². The Morgan fingerprint density at radius 3 is 2.48 bits per heavy atom. The van der Waals surface area contributed by atoms with Gasteiger partial charge in [0.15, 0.2) is 0 Å². The fraction of sp³-hybridized carbons (Fsp3) is 0.500. The Bertz CT molecular complexity index is 561. The van der Waals surface area contributed by atoms with Gasteiger partial charge in [-0.1, -0.05) is 45.6 Å². The lowest BCUT2D eigenvalue weighted by atomic mass is 10.0. The summed E-state index contributed by atoms with van der Waals surface area (Å²) >= 11 is 0. The molecule has 23 heavy (non-hydrogen) atoms. The third-order valence-electron chi connectivity index (χ3n) is 3.90. The van der Waals surface area contributed by atoms with E-state index in [0.29, 0.717) is 25.0 Å². The van der Waals surface area contributed by atoms with Gasteiger partial charge in [0.25, 0.3) is 11.8 Å². The summed E-state index contributed by atoms with van der Waals surface area (Å²) in [6, 6.07) is -0.545. The van der Waals surface area contributed by atoms with Crippen LogP contribution in [0, 0.1) is 0 Å². The summed E-state index contributed by atoms with van der Waals surface area (Å²) in [5, 5.41) is 0. The zero-order valence-corrected chi connectivity index (χ0v) is 14.5. The second kappa shape index (κ2) is 8.46. The number of nitrogens with zero attached hydrogens (tertiary/aromatic N) is 2. The fourth-order valence-corrected chi connectivity index (χ4v) is 2.78. The van der Waals surface area contributed by atoms with Crippen LogP contribution in [0.1, 0.15) is 40.0 Å². The maximum absolute atomic E-state index is 12.5. The molecular weight excluding hydrogens is 292 g/mol. The first-order chi connectivity index (χ1) is 11.0. The van der Waals surface area contributed by atoms with Crippen molar-refractivity contribution in [1.82, 2.24) is 9.80 Å². The van der Waals surface area contributed by atoms with E-state index in [9.17, 15) is 14.4 Å². The van der Waals surface area contributed by atoms with Gasteiger partial charge in [-0.05, 0) is 18.4 Å². The lowest BCUT2D eigenvalue weighted by molar-refractivity contribution is -0.153. The van der Waals surface area contributed by atoms with Crippen molar-refractivity contribution in [1.29, 1.82) is 0 Å². The highest BCUT2D eigenvalue weighted by Gasteiger charge is 2.42. The molecule has 126 valence electrons. The summed E-state index contributed by atoms with van der Waals surface area (Å²) in [4.78, 5) is 39.0. The minimum absolute atomic E-state index is 0.133. The number of amides is 3. The molecule has 2 aliphatic heterocycles. The second-order valence-electron chi connectivity index (χ2n) is 5.23. The molecular formula is C18H26N2O3. The average molecular weight is 318 g/mol. The van der Waals surface area contributed by atoms with E-state index < -0.39 is 6.04 Å². The van der Waals surface area contributed by atoms with Crippen molar-refractivity contribution in [2.75, 3.05) is 13.6 Å². The number of rotatable bonds is 3. The predicted octanol–water partition coefficient (Wildman–Crippen LogP) is 2.45. The van der Waals surface area contributed by atoms with Crippen LogP contribution in [0.4, 0.5) is 0 Å². The lowest BCUT2D eigenvalue weighted by Gasteiger charge is -2.33. The Morgan fingerprint density at radius 1 is 1.26 bits per heavy atom. The molecule has 0 bridgehead atoms. The first-order valence-electron chi connectivity index (χ1n) is 8.14. The number of likely N-dealkylation sites (N-methyl/N-ethyl adjacent to an activating group) is 1. The molecule has 0 spiro atoms. The molecule has 0 N–H and O–H groups in total. The largest absolute Gasteiger partial charge is 0.322 e. The van der Waals surface area contributed by atoms with Gasteiger partial charge in [0.1, 0.15) is 6.04 Å². The van der Waals surface area contributed by atoms with E-state index in [1.54, 1.807) is 11.0 Å². The number of imide groups is 1. The van der Waals surface area contributed by atoms with Gasteiger partial charge in [-0.2, -0.15) is 0 Å². The Labute approximate surface area is 138 Å². The maximum Gasteiger partial charge on any atom is 0.254 e. The van der Waals surface area contributed by atoms with Gasteiger partial charge in [0, 0.05) is 25.6 Å². The molecule has 2 aliphatic rings. The number of carbonyl (C=O) groups excluding carboxylic acids is 3. The average Bonchev–Trinajstić information content (AvgIpc) is 2.85. The van der Waals surface area contributed by atoms with Crippen LogP contribution in [-0.2, 0) is 14.4 Å². The van der Waals surface area contributed by atoms with Crippen LogP contribution in [0.2, 0.25) is 0 Å². The molecule has 2 heterocycles. The van der Waals surface area contributed by atoms with Gasteiger partial charge < -0.3 is 4.90 Å². The van der Waals surface area contributed by atoms with Crippen molar-refractivity contribution in [3.63, 3.8) is 0 Å². The lowest BCUT2D eigenvalue weighted by Crippen LogP contribution is -2.53. The summed E-state index contributed by atoms with van der Waals surface area (Å²) in [5.74, 6) is -0.615. The molecule has 2 fully saturated rings. The van der Waals surface area contributed by atoms with Gasteiger partial charge in [-0.25, -0.2) is 0 Å². The predicted molar refractivity (Wildman–Crippen MR) is 90.5 cm³/mol. The zero-order chi connectivity index (χ0) is 17.6. The molecule has 0 saturated carbocycles. The monoisotopic (exact) mass is 318 g/mol. The second-order valence-corrected chi connectivity index (χ2v) is 5.23. The number of piperidine rings is 1. The van der Waals surface area contributed by atoms with E-state index in [4.69, 9.17) is 0 Å². The van der Waals surface area contributed by atoms with Crippen LogP contribution in [0.25, 0.3) is 0 Å². The number of likely N-dealkylation sites (tertiary alicyclic amines) is 2. The molecule has 1 unspecified atom stereocenters. The van der Waals surface area contributed by atoms with Crippen molar-refractivity contribution in [3.8, 4) is 0 Å². The summed E-state index contributed by atoms with van der Waals surface area (Å²) in [7, 11) is 1.47. The third kappa shape index (κ3) is 3.78. The Balaban J connectivity index is 0.00000127. The molecule has 1 atom stereocenters. The highest BCUT2D eigenvalue weighted by Crippen LogP contribution is 2.29. The van der Waals surface area contributed by atoms with Gasteiger partial charge in [0.2, 0.25) is 5.91 Å². The van der Waals surface area contributed by atoms with Crippen LogP contribution in [0.15, 0.2) is 36.0 Å². The number of carbonyl (C=O) groups is 3. The van der Waals surface area contributed by atoms with Gasteiger partial charge in [0.05, 0.1) is 0 Å². The van der Waals surface area contributed by atoms with Crippen LogP contribution < -0.4 is 0 Å². The van der Waals surface area contributed by atoms with Gasteiger partial charge >= 0.3 is 0 Å². The SMILES string of the molecule is C=C/C=C1/CN(C2CCC(=O)N(C)C2=O)C(=O)/C1=C/CC.CC. The van der Waals surface area contributed by atoms with Gasteiger partial charge in [-0.15, -0.1) is 0 Å². The Morgan fingerprint density at radius 2 is 1.91 bits per heavy atom. The maximum atomic E-state index is 12.5. The van der Waals surface area contributed by atoms with E-state index in [2.05, 4.69) is 6.58 Å². The molecule has 0 aromatic rings. The minimum Gasteiger partial charge on any atom is -0.322 e. The summed E-state index contributed by atoms with van der Waals surface area (Å²) < 4.78 is 0. The highest BCUT2D eigenvalue weighted by molar-refractivity contribution is 6.06. The van der Waals surface area contributed by atoms with E-state index in [1.807, 2.05) is 32.9 Å². The van der Waals surface area contributed by atoms with Crippen LogP contribution >= 0.6 is 0 Å². The normalized spacial score (nSPS) is 25.0. The van der Waals surface area contributed by atoms with Crippen molar-refractivity contribution in [2.24, 2.45) is 0 Å². The fourth-order valence-electron chi connectivity index (χ4n) is 2.78. The van der Waals surface area contributed by atoms with Crippen LogP contribution in [-0.4, -0.2) is 47.2 Å². The first kappa shape index (κ1) is 18.9.